The van der Waals surface area contributed by atoms with Gasteiger partial charge >= 0.3 is 5.97 Å². The van der Waals surface area contributed by atoms with Crippen molar-refractivity contribution in [1.82, 2.24) is 3.97 Å². The van der Waals surface area contributed by atoms with E-state index >= 15 is 0 Å². The van der Waals surface area contributed by atoms with E-state index in [2.05, 4.69) is 4.74 Å². The molecule has 2 aromatic carbocycles. The highest BCUT2D eigenvalue weighted by atomic mass is 32.2. The third kappa shape index (κ3) is 3.78. The first-order valence-corrected chi connectivity index (χ1v) is 9.85. The van der Waals surface area contributed by atoms with Crippen LogP contribution >= 0.6 is 0 Å². The molecule has 0 unspecified atom stereocenters. The third-order valence-corrected chi connectivity index (χ3v) is 5.56. The monoisotopic (exact) mass is 387 g/mol. The zero-order valence-corrected chi connectivity index (χ0v) is 16.4. The van der Waals surface area contributed by atoms with Crippen LogP contribution in [0.4, 0.5) is 0 Å². The number of hydrogen-bond donors (Lipinski definition) is 0. The molecule has 1 aromatic heterocycles. The van der Waals surface area contributed by atoms with Gasteiger partial charge < -0.3 is 4.74 Å². The Hall–Kier alpha value is -2.93. The molecule has 6 nitrogen and oxygen atoms in total. The molecule has 0 amide bonds. The molecule has 0 aliphatic heterocycles. The summed E-state index contributed by atoms with van der Waals surface area (Å²) in [6.07, 6.45) is 1.29. The first-order valence-electron chi connectivity index (χ1n) is 8.41. The highest BCUT2D eigenvalue weighted by molar-refractivity contribution is 7.90. The molecule has 0 N–H and O–H groups in total. The summed E-state index contributed by atoms with van der Waals surface area (Å²) in [5, 5.41) is 0.384. The highest BCUT2D eigenvalue weighted by Crippen LogP contribution is 2.27. The van der Waals surface area contributed by atoms with Crippen LogP contribution in [0.3, 0.4) is 0 Å². The number of esters is 1. The number of aromatic nitrogens is 1. The Morgan fingerprint density at radius 3 is 2.19 bits per heavy atom. The van der Waals surface area contributed by atoms with Crippen molar-refractivity contribution >= 4 is 32.7 Å². The number of ether oxygens (including phenoxy) is 1. The highest BCUT2D eigenvalue weighted by Gasteiger charge is 2.23. The van der Waals surface area contributed by atoms with Gasteiger partial charge in [0.1, 0.15) is 0 Å². The summed E-state index contributed by atoms with van der Waals surface area (Å²) in [6.45, 7) is 5.35. The van der Waals surface area contributed by atoms with Gasteiger partial charge in [0.15, 0.2) is 5.78 Å². The summed E-state index contributed by atoms with van der Waals surface area (Å²) in [4.78, 5) is 23.8. The van der Waals surface area contributed by atoms with Crippen molar-refractivity contribution < 1.29 is 22.7 Å². The molecule has 142 valence electrons. The van der Waals surface area contributed by atoms with Crippen LogP contribution in [-0.4, -0.2) is 31.3 Å². The van der Waals surface area contributed by atoms with E-state index in [9.17, 15) is 18.0 Å². The first-order chi connectivity index (χ1) is 12.9. The minimum Gasteiger partial charge on any atom is -0.465 e. The van der Waals surface area contributed by atoms with Gasteiger partial charge in [-0.3, -0.25) is 4.79 Å². The second-order valence-electron chi connectivity index (χ2n) is 5.44. The van der Waals surface area contributed by atoms with Gasteiger partial charge in [0.25, 0.3) is 10.0 Å². The Morgan fingerprint density at radius 2 is 1.63 bits per heavy atom. The number of carbonyl (C=O) groups is 2. The summed E-state index contributed by atoms with van der Waals surface area (Å²) < 4.78 is 31.6. The van der Waals surface area contributed by atoms with E-state index < -0.39 is 16.0 Å². The average Bonchev–Trinajstić information content (AvgIpc) is 3.09. The summed E-state index contributed by atoms with van der Waals surface area (Å²) >= 11 is 0. The molecule has 27 heavy (non-hydrogen) atoms. The van der Waals surface area contributed by atoms with Crippen molar-refractivity contribution in [2.75, 3.05) is 7.11 Å². The molecule has 0 saturated heterocycles. The van der Waals surface area contributed by atoms with Crippen LogP contribution in [-0.2, 0) is 14.8 Å². The number of Topliss-reactive ketones (excluding diaryl/α,β-unsaturated/α-hetero) is 1. The largest absolute Gasteiger partial charge is 0.465 e. The quantitative estimate of drug-likeness (QED) is 0.501. The predicted molar refractivity (Wildman–Crippen MR) is 104 cm³/mol. The lowest BCUT2D eigenvalue weighted by Crippen LogP contribution is -2.12. The van der Waals surface area contributed by atoms with Gasteiger partial charge in [-0.05, 0) is 37.3 Å². The Morgan fingerprint density at radius 1 is 1.00 bits per heavy atom. The molecule has 1 heterocycles. The van der Waals surface area contributed by atoms with Crippen LogP contribution in [0.25, 0.3) is 10.9 Å². The Bertz CT molecular complexity index is 1080. The molecule has 0 spiro atoms. The maximum atomic E-state index is 12.9. The van der Waals surface area contributed by atoms with Crippen molar-refractivity contribution in [3.63, 3.8) is 0 Å². The summed E-state index contributed by atoms with van der Waals surface area (Å²) in [7, 11) is -2.62. The average molecular weight is 387 g/mol. The van der Waals surface area contributed by atoms with E-state index in [4.69, 9.17) is 0 Å². The van der Waals surface area contributed by atoms with E-state index in [-0.39, 0.29) is 21.8 Å². The lowest BCUT2D eigenvalue weighted by molar-refractivity contribution is 0.0600. The SMILES string of the molecule is CC.COC(=O)c1ccc2c(c1)c(C(C)=O)cn2S(=O)(=O)c1ccccc1. The number of hydrogen-bond acceptors (Lipinski definition) is 5. The van der Waals surface area contributed by atoms with Crippen molar-refractivity contribution in [3.05, 3.63) is 65.9 Å². The molecule has 3 rings (SSSR count). The van der Waals surface area contributed by atoms with Gasteiger partial charge in [-0.15, -0.1) is 0 Å². The maximum absolute atomic E-state index is 12.9. The summed E-state index contributed by atoms with van der Waals surface area (Å²) in [5.41, 5.74) is 0.786. The van der Waals surface area contributed by atoms with Crippen molar-refractivity contribution in [3.8, 4) is 0 Å². The Labute approximate surface area is 158 Å². The first kappa shape index (κ1) is 20.4. The van der Waals surface area contributed by atoms with Crippen molar-refractivity contribution in [2.24, 2.45) is 0 Å². The smallest absolute Gasteiger partial charge is 0.337 e. The van der Waals surface area contributed by atoms with E-state index in [1.807, 2.05) is 13.8 Å². The van der Waals surface area contributed by atoms with E-state index in [0.717, 1.165) is 3.97 Å². The fourth-order valence-corrected chi connectivity index (χ4v) is 4.02. The number of fused-ring (bicyclic) bond motifs is 1. The van der Waals surface area contributed by atoms with Crippen LogP contribution in [0.1, 0.15) is 41.5 Å². The zero-order chi connectivity index (χ0) is 20.2. The van der Waals surface area contributed by atoms with Crippen LogP contribution in [0.2, 0.25) is 0 Å². The molecule has 0 radical (unpaired) electrons. The van der Waals surface area contributed by atoms with Gasteiger partial charge in [0, 0.05) is 17.1 Å². The van der Waals surface area contributed by atoms with Crippen LogP contribution in [0.15, 0.2) is 59.6 Å². The second kappa shape index (κ2) is 8.18. The second-order valence-corrected chi connectivity index (χ2v) is 7.25. The number of benzene rings is 2. The van der Waals surface area contributed by atoms with Gasteiger partial charge in [-0.25, -0.2) is 17.2 Å². The predicted octanol–water partition coefficient (Wildman–Crippen LogP) is 3.89. The molecule has 0 aliphatic carbocycles. The van der Waals surface area contributed by atoms with Crippen LogP contribution in [0, 0.1) is 0 Å². The lowest BCUT2D eigenvalue weighted by atomic mass is 10.1. The fraction of sp³-hybridized carbons (Fsp3) is 0.200. The molecule has 0 saturated carbocycles. The molecule has 0 atom stereocenters. The van der Waals surface area contributed by atoms with Gasteiger partial charge in [0.05, 0.1) is 23.1 Å². The van der Waals surface area contributed by atoms with Gasteiger partial charge in [0.2, 0.25) is 0 Å². The van der Waals surface area contributed by atoms with Crippen LogP contribution in [0.5, 0.6) is 0 Å². The minimum absolute atomic E-state index is 0.110. The minimum atomic E-state index is -3.87. The van der Waals surface area contributed by atoms with Gasteiger partial charge in [-0.2, -0.15) is 0 Å². The Balaban J connectivity index is 0.00000126. The maximum Gasteiger partial charge on any atom is 0.337 e. The molecule has 0 bridgehead atoms. The van der Waals surface area contributed by atoms with Crippen molar-refractivity contribution in [2.45, 2.75) is 25.7 Å². The number of ketones is 1. The molecule has 7 heteroatoms. The number of nitrogens with zero attached hydrogens (tertiary/aromatic N) is 1. The van der Waals surface area contributed by atoms with E-state index in [0.29, 0.717) is 10.9 Å². The topological polar surface area (TPSA) is 82.4 Å². The standard InChI is InChI=1S/C18H15NO5S.C2H6/c1-12(20)16-11-19(25(22,23)14-6-4-3-5-7-14)17-9-8-13(10-15(16)17)18(21)24-2;1-2/h3-11H,1-2H3;1-2H3. The normalized spacial score (nSPS) is 10.8. The Kier molecular flexibility index (Phi) is 6.17. The van der Waals surface area contributed by atoms with E-state index in [1.54, 1.807) is 18.2 Å². The van der Waals surface area contributed by atoms with Gasteiger partial charge in [-0.1, -0.05) is 32.0 Å². The molecule has 0 fully saturated rings. The zero-order valence-electron chi connectivity index (χ0n) is 15.6. The molecule has 3 aromatic rings. The molecule has 0 aliphatic rings. The number of rotatable bonds is 4. The lowest BCUT2D eigenvalue weighted by Gasteiger charge is -2.07. The summed E-state index contributed by atoms with van der Waals surface area (Å²) in [5.74, 6) is -0.857. The third-order valence-electron chi connectivity index (χ3n) is 3.87. The van der Waals surface area contributed by atoms with Crippen LogP contribution < -0.4 is 0 Å². The molecular formula is C20H21NO5S. The number of methoxy groups -OCH3 is 1. The fourth-order valence-electron chi connectivity index (χ4n) is 2.63. The van der Waals surface area contributed by atoms with E-state index in [1.165, 1.54) is 50.6 Å². The van der Waals surface area contributed by atoms with Crippen molar-refractivity contribution in [1.29, 1.82) is 0 Å². The number of carbonyl (C=O) groups excluding carboxylic acids is 2. The summed E-state index contributed by atoms with van der Waals surface area (Å²) in [6, 6.07) is 12.4. The molecular weight excluding hydrogens is 366 g/mol.